The molecule has 2 rings (SSSR count). The van der Waals surface area contributed by atoms with Crippen LogP contribution in [0.25, 0.3) is 0 Å². The van der Waals surface area contributed by atoms with Gasteiger partial charge in [0.2, 0.25) is 5.95 Å². The lowest BCUT2D eigenvalue weighted by atomic mass is 9.91. The molecule has 0 spiro atoms. The van der Waals surface area contributed by atoms with Crippen LogP contribution in [0.15, 0.2) is 12.3 Å². The maximum atomic E-state index is 4.67. The van der Waals surface area contributed by atoms with Gasteiger partial charge in [-0.25, -0.2) is 4.98 Å². The fraction of sp³-hybridized carbons (Fsp3) is 0.750. The van der Waals surface area contributed by atoms with Gasteiger partial charge >= 0.3 is 0 Å². The van der Waals surface area contributed by atoms with Gasteiger partial charge in [-0.1, -0.05) is 6.92 Å². The molecule has 1 aliphatic heterocycles. The van der Waals surface area contributed by atoms with Crippen molar-refractivity contribution in [3.8, 4) is 0 Å². The third-order valence-electron chi connectivity index (χ3n) is 4.23. The summed E-state index contributed by atoms with van der Waals surface area (Å²) in [6.45, 7) is 7.82. The summed E-state index contributed by atoms with van der Waals surface area (Å²) in [5, 5.41) is 3.64. The van der Waals surface area contributed by atoms with Crippen LogP contribution >= 0.6 is 0 Å². The topological polar surface area (TPSA) is 44.3 Å². The predicted octanol–water partition coefficient (Wildman–Crippen LogP) is 2.15. The minimum atomic E-state index is 0.572. The monoisotopic (exact) mass is 291 g/mol. The van der Waals surface area contributed by atoms with Crippen LogP contribution in [0.5, 0.6) is 0 Å². The molecule has 0 aromatic carbocycles. The van der Waals surface area contributed by atoms with Crippen molar-refractivity contribution in [2.24, 2.45) is 5.92 Å². The van der Waals surface area contributed by atoms with Crippen LogP contribution in [0.2, 0.25) is 0 Å². The summed E-state index contributed by atoms with van der Waals surface area (Å²) in [7, 11) is 3.96. The number of nitrogens with zero attached hydrogens (tertiary/aromatic N) is 4. The van der Waals surface area contributed by atoms with Crippen LogP contribution in [0.4, 0.5) is 11.8 Å². The maximum Gasteiger partial charge on any atom is 0.226 e. The van der Waals surface area contributed by atoms with Crippen molar-refractivity contribution in [1.29, 1.82) is 0 Å². The molecule has 5 nitrogen and oxygen atoms in total. The smallest absolute Gasteiger partial charge is 0.226 e. The normalized spacial score (nSPS) is 20.4. The number of anilines is 2. The highest BCUT2D eigenvalue weighted by molar-refractivity contribution is 5.43. The van der Waals surface area contributed by atoms with E-state index in [9.17, 15) is 0 Å². The van der Waals surface area contributed by atoms with Gasteiger partial charge in [-0.3, -0.25) is 0 Å². The Morgan fingerprint density at radius 2 is 2.29 bits per heavy atom. The molecule has 0 aliphatic carbocycles. The van der Waals surface area contributed by atoms with Gasteiger partial charge in [-0.2, -0.15) is 4.98 Å². The molecule has 0 bridgehead atoms. The largest absolute Gasteiger partial charge is 0.356 e. The molecule has 118 valence electrons. The minimum Gasteiger partial charge on any atom is -0.356 e. The molecule has 2 heterocycles. The Hall–Kier alpha value is -1.36. The zero-order valence-corrected chi connectivity index (χ0v) is 13.8. The summed E-state index contributed by atoms with van der Waals surface area (Å²) in [5.74, 6) is 2.54. The Labute approximate surface area is 128 Å². The van der Waals surface area contributed by atoms with Gasteiger partial charge in [-0.15, -0.1) is 0 Å². The highest BCUT2D eigenvalue weighted by Gasteiger charge is 2.25. The molecule has 21 heavy (non-hydrogen) atoms. The summed E-state index contributed by atoms with van der Waals surface area (Å²) < 4.78 is 0. The number of aromatic nitrogens is 2. The van der Waals surface area contributed by atoms with E-state index in [1.165, 1.54) is 19.3 Å². The second-order valence-electron chi connectivity index (χ2n) is 6.20. The van der Waals surface area contributed by atoms with E-state index in [4.69, 9.17) is 0 Å². The van der Waals surface area contributed by atoms with Crippen molar-refractivity contribution in [2.75, 3.05) is 43.5 Å². The Balaban J connectivity index is 2.01. The summed E-state index contributed by atoms with van der Waals surface area (Å²) in [6.07, 6.45) is 5.60. The predicted molar refractivity (Wildman–Crippen MR) is 89.1 cm³/mol. The lowest BCUT2D eigenvalue weighted by Gasteiger charge is -2.37. The van der Waals surface area contributed by atoms with Crippen molar-refractivity contribution < 1.29 is 0 Å². The molecule has 2 unspecified atom stereocenters. The van der Waals surface area contributed by atoms with Gasteiger partial charge in [0.15, 0.2) is 0 Å². The summed E-state index contributed by atoms with van der Waals surface area (Å²) >= 11 is 0. The van der Waals surface area contributed by atoms with Crippen LogP contribution in [0, 0.1) is 5.92 Å². The average molecular weight is 291 g/mol. The van der Waals surface area contributed by atoms with E-state index in [-0.39, 0.29) is 0 Å². The third kappa shape index (κ3) is 4.30. The number of hydrogen-bond acceptors (Lipinski definition) is 5. The van der Waals surface area contributed by atoms with Crippen LogP contribution in [-0.4, -0.2) is 49.7 Å². The molecule has 2 atom stereocenters. The SMILES string of the molecule is CCCNC(C)C1CCCN(c2ccnc(N(C)C)n2)C1. The van der Waals surface area contributed by atoms with Crippen molar-refractivity contribution in [3.05, 3.63) is 12.3 Å². The van der Waals surface area contributed by atoms with E-state index in [1.807, 2.05) is 31.3 Å². The Bertz CT molecular complexity index is 434. The second kappa shape index (κ2) is 7.59. The first-order valence-corrected chi connectivity index (χ1v) is 8.10. The standard InChI is InChI=1S/C16H29N5/c1-5-9-17-13(2)14-7-6-11-21(12-14)15-8-10-18-16(19-15)20(3)4/h8,10,13-14,17H,5-7,9,11-12H2,1-4H3. The Morgan fingerprint density at radius 1 is 1.48 bits per heavy atom. The van der Waals surface area contributed by atoms with E-state index in [0.29, 0.717) is 12.0 Å². The molecule has 1 aliphatic rings. The van der Waals surface area contributed by atoms with Crippen molar-refractivity contribution in [3.63, 3.8) is 0 Å². The third-order valence-corrected chi connectivity index (χ3v) is 4.23. The fourth-order valence-electron chi connectivity index (χ4n) is 2.90. The van der Waals surface area contributed by atoms with E-state index in [0.717, 1.165) is 31.4 Å². The summed E-state index contributed by atoms with van der Waals surface area (Å²) in [6, 6.07) is 2.60. The van der Waals surface area contributed by atoms with E-state index < -0.39 is 0 Å². The molecule has 1 aromatic rings. The quantitative estimate of drug-likeness (QED) is 0.870. The first-order valence-electron chi connectivity index (χ1n) is 8.10. The lowest BCUT2D eigenvalue weighted by molar-refractivity contribution is 0.320. The molecule has 0 radical (unpaired) electrons. The molecule has 1 aromatic heterocycles. The van der Waals surface area contributed by atoms with Gasteiger partial charge in [0, 0.05) is 39.4 Å². The van der Waals surface area contributed by atoms with Gasteiger partial charge in [0.25, 0.3) is 0 Å². The second-order valence-corrected chi connectivity index (χ2v) is 6.20. The summed E-state index contributed by atoms with van der Waals surface area (Å²) in [5.41, 5.74) is 0. The van der Waals surface area contributed by atoms with Crippen LogP contribution < -0.4 is 15.1 Å². The molecule has 5 heteroatoms. The van der Waals surface area contributed by atoms with Crippen molar-refractivity contribution in [1.82, 2.24) is 15.3 Å². The van der Waals surface area contributed by atoms with Gasteiger partial charge in [0.1, 0.15) is 5.82 Å². The lowest BCUT2D eigenvalue weighted by Crippen LogP contribution is -2.45. The zero-order chi connectivity index (χ0) is 15.2. The van der Waals surface area contributed by atoms with Gasteiger partial charge < -0.3 is 15.1 Å². The van der Waals surface area contributed by atoms with Crippen LogP contribution in [0.3, 0.4) is 0 Å². The first-order chi connectivity index (χ1) is 10.1. The van der Waals surface area contributed by atoms with E-state index in [1.54, 1.807) is 0 Å². The molecule has 0 saturated carbocycles. The van der Waals surface area contributed by atoms with Crippen molar-refractivity contribution in [2.45, 2.75) is 39.2 Å². The van der Waals surface area contributed by atoms with Gasteiger partial charge in [0.05, 0.1) is 0 Å². The highest BCUT2D eigenvalue weighted by atomic mass is 15.3. The van der Waals surface area contributed by atoms with Crippen LogP contribution in [0.1, 0.15) is 33.1 Å². The average Bonchev–Trinajstić information content (AvgIpc) is 2.52. The van der Waals surface area contributed by atoms with E-state index in [2.05, 4.69) is 34.0 Å². The molecular formula is C16H29N5. The minimum absolute atomic E-state index is 0.572. The maximum absolute atomic E-state index is 4.67. The Morgan fingerprint density at radius 3 is 3.00 bits per heavy atom. The number of nitrogens with one attached hydrogen (secondary N) is 1. The molecule has 0 amide bonds. The first kappa shape index (κ1) is 16.0. The van der Waals surface area contributed by atoms with Gasteiger partial charge in [-0.05, 0) is 44.7 Å². The number of hydrogen-bond donors (Lipinski definition) is 1. The highest BCUT2D eigenvalue weighted by Crippen LogP contribution is 2.24. The molecule has 1 fully saturated rings. The fourth-order valence-corrected chi connectivity index (χ4v) is 2.90. The summed E-state index contributed by atoms with van der Waals surface area (Å²) in [4.78, 5) is 13.3. The molecular weight excluding hydrogens is 262 g/mol. The Kier molecular flexibility index (Phi) is 5.79. The number of piperidine rings is 1. The zero-order valence-electron chi connectivity index (χ0n) is 13.8. The van der Waals surface area contributed by atoms with E-state index >= 15 is 0 Å². The number of rotatable bonds is 6. The molecule has 1 saturated heterocycles. The van der Waals surface area contributed by atoms with Crippen LogP contribution in [-0.2, 0) is 0 Å². The van der Waals surface area contributed by atoms with Crippen molar-refractivity contribution >= 4 is 11.8 Å². The molecule has 1 N–H and O–H groups in total.